The Hall–Kier alpha value is -4.06. The van der Waals surface area contributed by atoms with Crippen LogP contribution in [0.15, 0.2) is 49.1 Å². The van der Waals surface area contributed by atoms with E-state index in [1.165, 1.54) is 23.9 Å². The molecule has 4 heterocycles. The maximum atomic E-state index is 13.0. The number of amides is 2. The Balaban J connectivity index is 1.36. The molecular weight excluding hydrogens is 517 g/mol. The molecule has 4 aromatic rings. The summed E-state index contributed by atoms with van der Waals surface area (Å²) < 4.78 is 39.9. The van der Waals surface area contributed by atoms with Crippen LogP contribution in [-0.2, 0) is 6.18 Å². The summed E-state index contributed by atoms with van der Waals surface area (Å²) in [6.45, 7) is 3.35. The molecule has 1 fully saturated rings. The van der Waals surface area contributed by atoms with Crippen LogP contribution in [0.5, 0.6) is 0 Å². The van der Waals surface area contributed by atoms with Crippen LogP contribution in [-0.4, -0.2) is 46.9 Å². The lowest BCUT2D eigenvalue weighted by Crippen LogP contribution is -2.21. The molecule has 12 heteroatoms. The van der Waals surface area contributed by atoms with E-state index in [2.05, 4.69) is 30.5 Å². The zero-order valence-electron chi connectivity index (χ0n) is 20.5. The SMILES string of the molecule is CNC(=O)c1cc2ncnc(N3CC[C@@H](c4cc(C(=O)Nc5cncc(C(F)(F)F)c5)ccc4C)C3)c2s1. The topological polar surface area (TPSA) is 100 Å². The molecular formula is C26H23F3N6O2S. The van der Waals surface area contributed by atoms with Gasteiger partial charge in [0.2, 0.25) is 0 Å². The van der Waals surface area contributed by atoms with Gasteiger partial charge in [0, 0.05) is 37.8 Å². The van der Waals surface area contributed by atoms with E-state index in [1.807, 2.05) is 13.0 Å². The third-order valence-corrected chi connectivity index (χ3v) is 7.65. The zero-order valence-corrected chi connectivity index (χ0v) is 21.3. The van der Waals surface area contributed by atoms with Crippen LogP contribution in [0.3, 0.4) is 0 Å². The standard InChI is InChI=1S/C26H23F3N6O2S/c1-14-3-4-15(24(36)34-18-8-17(10-31-11-18)26(27,28)29)7-19(14)16-5-6-35(12-16)23-22-20(32-13-33-23)9-21(38-22)25(37)30-2/h3-4,7-11,13,16H,5-6,12H2,1-2H3,(H,30,37)(H,34,36)/t16-/m1/s1. The maximum absolute atomic E-state index is 13.0. The number of thiophene rings is 1. The summed E-state index contributed by atoms with van der Waals surface area (Å²) in [5.74, 6) is 0.188. The summed E-state index contributed by atoms with van der Waals surface area (Å²) in [6.07, 6.45) is -0.347. The highest BCUT2D eigenvalue weighted by molar-refractivity contribution is 7.21. The molecule has 8 nitrogen and oxygen atoms in total. The molecule has 0 radical (unpaired) electrons. The number of aryl methyl sites for hydroxylation is 1. The van der Waals surface area contributed by atoms with Gasteiger partial charge < -0.3 is 15.5 Å². The Bertz CT molecular complexity index is 1540. The zero-order chi connectivity index (χ0) is 27.0. The number of alkyl halides is 3. The molecule has 0 unspecified atom stereocenters. The second-order valence-electron chi connectivity index (χ2n) is 9.02. The molecule has 38 heavy (non-hydrogen) atoms. The fraction of sp³-hybridized carbons (Fsp3) is 0.269. The second kappa shape index (κ2) is 10.0. The molecule has 196 valence electrons. The monoisotopic (exact) mass is 540 g/mol. The number of halogens is 3. The summed E-state index contributed by atoms with van der Waals surface area (Å²) in [6, 6.07) is 7.91. The van der Waals surface area contributed by atoms with Crippen molar-refractivity contribution < 1.29 is 22.8 Å². The van der Waals surface area contributed by atoms with Crippen molar-refractivity contribution in [3.05, 3.63) is 76.2 Å². The minimum absolute atomic E-state index is 0.0289. The Morgan fingerprint density at radius 3 is 2.68 bits per heavy atom. The molecule has 0 bridgehead atoms. The van der Waals surface area contributed by atoms with Gasteiger partial charge >= 0.3 is 6.18 Å². The second-order valence-corrected chi connectivity index (χ2v) is 10.1. The number of carbonyl (C=O) groups is 2. The molecule has 3 aromatic heterocycles. The number of nitrogens with zero attached hydrogens (tertiary/aromatic N) is 4. The van der Waals surface area contributed by atoms with Crippen molar-refractivity contribution >= 4 is 44.9 Å². The largest absolute Gasteiger partial charge is 0.417 e. The third-order valence-electron chi connectivity index (χ3n) is 6.54. The quantitative estimate of drug-likeness (QED) is 0.369. The summed E-state index contributed by atoms with van der Waals surface area (Å²) in [4.78, 5) is 40.1. The molecule has 0 spiro atoms. The van der Waals surface area contributed by atoms with Gasteiger partial charge in [-0.2, -0.15) is 13.2 Å². The first-order valence-corrected chi connectivity index (χ1v) is 12.6. The van der Waals surface area contributed by atoms with Crippen LogP contribution in [0, 0.1) is 6.92 Å². The van der Waals surface area contributed by atoms with Crippen molar-refractivity contribution in [3.8, 4) is 0 Å². The molecule has 0 aliphatic carbocycles. The van der Waals surface area contributed by atoms with Crippen molar-refractivity contribution in [1.29, 1.82) is 0 Å². The van der Waals surface area contributed by atoms with Crippen LogP contribution >= 0.6 is 11.3 Å². The number of anilines is 2. The van der Waals surface area contributed by atoms with Crippen molar-refractivity contribution in [2.45, 2.75) is 25.4 Å². The number of fused-ring (bicyclic) bond motifs is 1. The highest BCUT2D eigenvalue weighted by Crippen LogP contribution is 2.37. The molecule has 1 aliphatic rings. The Kier molecular flexibility index (Phi) is 6.74. The van der Waals surface area contributed by atoms with Gasteiger partial charge in [0.05, 0.1) is 32.5 Å². The van der Waals surface area contributed by atoms with E-state index in [0.29, 0.717) is 28.7 Å². The van der Waals surface area contributed by atoms with Gasteiger partial charge in [-0.25, -0.2) is 9.97 Å². The van der Waals surface area contributed by atoms with Crippen LogP contribution in [0.2, 0.25) is 0 Å². The Morgan fingerprint density at radius 1 is 1.11 bits per heavy atom. The average Bonchev–Trinajstić information content (AvgIpc) is 3.56. The first kappa shape index (κ1) is 25.6. The van der Waals surface area contributed by atoms with E-state index in [0.717, 1.165) is 40.7 Å². The van der Waals surface area contributed by atoms with Gasteiger partial charge in [-0.15, -0.1) is 11.3 Å². The molecule has 1 aliphatic heterocycles. The number of carbonyl (C=O) groups excluding carboxylic acids is 2. The summed E-state index contributed by atoms with van der Waals surface area (Å²) in [5.41, 5.74) is 2.10. The molecule has 0 saturated carbocycles. The first-order valence-electron chi connectivity index (χ1n) is 11.8. The first-order chi connectivity index (χ1) is 18.1. The third kappa shape index (κ3) is 5.03. The van der Waals surface area contributed by atoms with Gasteiger partial charge in [0.25, 0.3) is 11.8 Å². The number of aromatic nitrogens is 3. The number of pyridine rings is 1. The van der Waals surface area contributed by atoms with Crippen LogP contribution in [0.1, 0.15) is 49.1 Å². The smallest absolute Gasteiger partial charge is 0.355 e. The van der Waals surface area contributed by atoms with Gasteiger partial charge in [0.15, 0.2) is 0 Å². The van der Waals surface area contributed by atoms with Crippen molar-refractivity contribution in [2.24, 2.45) is 0 Å². The number of hydrogen-bond donors (Lipinski definition) is 2. The van der Waals surface area contributed by atoms with Crippen molar-refractivity contribution in [2.75, 3.05) is 30.4 Å². The summed E-state index contributed by atoms with van der Waals surface area (Å²) >= 11 is 1.35. The molecule has 1 aromatic carbocycles. The average molecular weight is 541 g/mol. The van der Waals surface area contributed by atoms with Crippen LogP contribution in [0.25, 0.3) is 10.2 Å². The van der Waals surface area contributed by atoms with Crippen molar-refractivity contribution in [3.63, 3.8) is 0 Å². The van der Waals surface area contributed by atoms with Crippen LogP contribution in [0.4, 0.5) is 24.7 Å². The predicted octanol–water partition coefficient (Wildman–Crippen LogP) is 5.02. The van der Waals surface area contributed by atoms with E-state index in [4.69, 9.17) is 0 Å². The number of hydrogen-bond acceptors (Lipinski definition) is 7. The van der Waals surface area contributed by atoms with Crippen molar-refractivity contribution in [1.82, 2.24) is 20.3 Å². The molecule has 5 rings (SSSR count). The lowest BCUT2D eigenvalue weighted by molar-refractivity contribution is -0.137. The van der Waals surface area contributed by atoms with E-state index in [1.54, 1.807) is 25.2 Å². The maximum Gasteiger partial charge on any atom is 0.417 e. The highest BCUT2D eigenvalue weighted by Gasteiger charge is 2.31. The predicted molar refractivity (Wildman–Crippen MR) is 139 cm³/mol. The molecule has 1 saturated heterocycles. The van der Waals surface area contributed by atoms with E-state index in [-0.39, 0.29) is 17.5 Å². The van der Waals surface area contributed by atoms with Gasteiger partial charge in [-0.3, -0.25) is 14.6 Å². The molecule has 2 amide bonds. The minimum Gasteiger partial charge on any atom is -0.355 e. The van der Waals surface area contributed by atoms with Gasteiger partial charge in [0.1, 0.15) is 12.1 Å². The Labute approximate surface area is 219 Å². The molecule has 1 atom stereocenters. The minimum atomic E-state index is -4.55. The van der Waals surface area contributed by atoms with Gasteiger partial charge in [-0.1, -0.05) is 6.07 Å². The number of rotatable bonds is 5. The van der Waals surface area contributed by atoms with E-state index >= 15 is 0 Å². The summed E-state index contributed by atoms with van der Waals surface area (Å²) in [7, 11) is 1.58. The Morgan fingerprint density at radius 2 is 1.92 bits per heavy atom. The highest BCUT2D eigenvalue weighted by atomic mass is 32.1. The van der Waals surface area contributed by atoms with Crippen LogP contribution < -0.4 is 15.5 Å². The lowest BCUT2D eigenvalue weighted by Gasteiger charge is -2.19. The number of nitrogens with one attached hydrogen (secondary N) is 2. The lowest BCUT2D eigenvalue weighted by atomic mass is 9.92. The fourth-order valence-corrected chi connectivity index (χ4v) is 5.67. The fourth-order valence-electron chi connectivity index (χ4n) is 4.60. The molecule has 2 N–H and O–H groups in total. The number of benzene rings is 1. The normalized spacial score (nSPS) is 15.6. The van der Waals surface area contributed by atoms with E-state index < -0.39 is 17.6 Å². The van der Waals surface area contributed by atoms with Gasteiger partial charge in [-0.05, 0) is 48.7 Å². The van der Waals surface area contributed by atoms with E-state index in [9.17, 15) is 22.8 Å². The summed E-state index contributed by atoms with van der Waals surface area (Å²) in [5, 5.41) is 5.15.